The number of nitrogens with zero attached hydrogens (tertiary/aromatic N) is 2. The quantitative estimate of drug-likeness (QED) is 0.652. The first-order valence-corrected chi connectivity index (χ1v) is 9.34. The van der Waals surface area contributed by atoms with E-state index in [1.54, 1.807) is 17.7 Å². The summed E-state index contributed by atoms with van der Waals surface area (Å²) >= 11 is 11.0. The number of hydrogen-bond acceptors (Lipinski definition) is 6. The van der Waals surface area contributed by atoms with Crippen LogP contribution >= 0.6 is 23.2 Å². The number of ether oxygens (including phenoxy) is 1. The first kappa shape index (κ1) is 20.6. The van der Waals surface area contributed by atoms with Gasteiger partial charge in [-0.2, -0.15) is 0 Å². The summed E-state index contributed by atoms with van der Waals surface area (Å²) in [5.74, 6) is -0.0250. The van der Waals surface area contributed by atoms with E-state index in [1.807, 2.05) is 6.92 Å². The first-order valence-electron chi connectivity index (χ1n) is 6.92. The van der Waals surface area contributed by atoms with Crippen LogP contribution in [0.5, 0.6) is 0 Å². The number of hydrogen-bond donors (Lipinski definition) is 2. The summed E-state index contributed by atoms with van der Waals surface area (Å²) in [4.78, 5) is 19.1. The van der Waals surface area contributed by atoms with Crippen molar-refractivity contribution in [1.82, 2.24) is 14.7 Å². The van der Waals surface area contributed by atoms with E-state index in [2.05, 4.69) is 15.3 Å². The summed E-state index contributed by atoms with van der Waals surface area (Å²) in [6.45, 7) is 4.33. The molecule has 0 aliphatic carbocycles. The third-order valence-electron chi connectivity index (χ3n) is 2.41. The molecule has 1 rings (SSSR count). The zero-order valence-corrected chi connectivity index (χ0v) is 15.5. The van der Waals surface area contributed by atoms with E-state index >= 15 is 0 Å². The van der Waals surface area contributed by atoms with Crippen LogP contribution in [0.3, 0.4) is 0 Å². The lowest BCUT2D eigenvalue weighted by atomic mass is 10.3. The number of carbonyl (C=O) groups is 1. The van der Waals surface area contributed by atoms with Gasteiger partial charge in [0.05, 0.1) is 12.3 Å². The van der Waals surface area contributed by atoms with E-state index in [0.717, 1.165) is 5.41 Å². The van der Waals surface area contributed by atoms with Crippen LogP contribution in [0.4, 0.5) is 10.7 Å². The van der Waals surface area contributed by atoms with Gasteiger partial charge in [-0.15, -0.1) is 23.2 Å². The Kier molecular flexibility index (Phi) is 8.40. The number of aromatic nitrogens is 2. The minimum atomic E-state index is -3.97. The molecule has 24 heavy (non-hydrogen) atoms. The third kappa shape index (κ3) is 8.44. The highest BCUT2D eigenvalue weighted by Crippen LogP contribution is 2.08. The molecule has 0 fully saturated rings. The summed E-state index contributed by atoms with van der Waals surface area (Å²) in [6, 6.07) is 0.716. The Balaban J connectivity index is 2.70. The molecule has 0 aromatic carbocycles. The molecule has 0 saturated heterocycles. The molecule has 2 amide bonds. The van der Waals surface area contributed by atoms with E-state index in [1.165, 1.54) is 6.08 Å². The largest absolute Gasteiger partial charge is 0.375 e. The van der Waals surface area contributed by atoms with Crippen LogP contribution in [0.2, 0.25) is 0 Å². The second kappa shape index (κ2) is 9.77. The van der Waals surface area contributed by atoms with Crippen LogP contribution in [0.15, 0.2) is 17.6 Å². The number of anilines is 1. The fourth-order valence-corrected chi connectivity index (χ4v) is 2.49. The molecular weight excluding hydrogens is 379 g/mol. The summed E-state index contributed by atoms with van der Waals surface area (Å²) in [6.07, 6.45) is 1.37. The second-order valence-electron chi connectivity index (χ2n) is 4.56. The molecule has 0 spiro atoms. The van der Waals surface area contributed by atoms with Crippen LogP contribution in [0.1, 0.15) is 24.7 Å². The first-order chi connectivity index (χ1) is 11.2. The Bertz CT molecular complexity index is 695. The number of urea groups is 1. The van der Waals surface area contributed by atoms with Gasteiger partial charge in [0.15, 0.2) is 0 Å². The fraction of sp³-hybridized carbons (Fsp3) is 0.462. The minimum Gasteiger partial charge on any atom is -0.375 e. The Morgan fingerprint density at radius 2 is 2.12 bits per heavy atom. The fourth-order valence-electron chi connectivity index (χ4n) is 1.55. The molecule has 134 valence electrons. The maximum absolute atomic E-state index is 11.8. The monoisotopic (exact) mass is 396 g/mol. The van der Waals surface area contributed by atoms with Gasteiger partial charge in [-0.25, -0.2) is 27.9 Å². The average molecular weight is 397 g/mol. The van der Waals surface area contributed by atoms with Gasteiger partial charge in [0, 0.05) is 17.7 Å². The molecule has 0 atom stereocenters. The van der Waals surface area contributed by atoms with Crippen molar-refractivity contribution in [1.29, 1.82) is 0 Å². The molecule has 2 N–H and O–H groups in total. The zero-order chi connectivity index (χ0) is 18.2. The number of nitrogens with one attached hydrogen (secondary N) is 2. The highest BCUT2D eigenvalue weighted by Gasteiger charge is 2.13. The molecule has 0 unspecified atom stereocenters. The van der Waals surface area contributed by atoms with Crippen molar-refractivity contribution in [3.05, 3.63) is 28.9 Å². The van der Waals surface area contributed by atoms with E-state index in [-0.39, 0.29) is 19.0 Å². The van der Waals surface area contributed by atoms with E-state index in [0.29, 0.717) is 18.0 Å². The highest BCUT2D eigenvalue weighted by molar-refractivity contribution is 7.92. The summed E-state index contributed by atoms with van der Waals surface area (Å²) in [5, 5.41) is 3.07. The van der Waals surface area contributed by atoms with Gasteiger partial charge >= 0.3 is 6.03 Å². The molecule has 0 radical (unpaired) electrons. The third-order valence-corrected chi connectivity index (χ3v) is 3.79. The number of aryl methyl sites for hydroxylation is 1. The lowest BCUT2D eigenvalue weighted by molar-refractivity contribution is 0.131. The zero-order valence-electron chi connectivity index (χ0n) is 13.1. The number of alkyl halides is 2. The Morgan fingerprint density at radius 1 is 1.42 bits per heavy atom. The van der Waals surface area contributed by atoms with E-state index in [9.17, 15) is 13.2 Å². The standard InChI is InChI=1S/C13H18Cl2N4O4S/c1-3-23-8-10-7-9(2)16-12(17-10)18-13(20)19-24(21,22)6-4-5-11(14)15/h4,6-7,11H,3,5,8H2,1-2H3,(H2,16,17,18,19,20)/b6-4+. The van der Waals surface area contributed by atoms with Gasteiger partial charge in [-0.1, -0.05) is 6.08 Å². The van der Waals surface area contributed by atoms with Crippen molar-refractivity contribution in [2.45, 2.75) is 31.7 Å². The number of amides is 2. The maximum Gasteiger partial charge on any atom is 0.335 e. The Morgan fingerprint density at radius 3 is 2.75 bits per heavy atom. The molecule has 1 aromatic heterocycles. The molecule has 11 heteroatoms. The maximum atomic E-state index is 11.8. The van der Waals surface area contributed by atoms with E-state index < -0.39 is 20.9 Å². The van der Waals surface area contributed by atoms with Crippen LogP contribution < -0.4 is 10.0 Å². The predicted molar refractivity (Wildman–Crippen MR) is 92.4 cm³/mol. The van der Waals surface area contributed by atoms with Crippen LogP contribution in [0.25, 0.3) is 0 Å². The summed E-state index contributed by atoms with van der Waals surface area (Å²) in [5.41, 5.74) is 1.17. The van der Waals surface area contributed by atoms with E-state index in [4.69, 9.17) is 27.9 Å². The molecule has 0 aliphatic rings. The molecule has 0 bridgehead atoms. The minimum absolute atomic E-state index is 0.0250. The molecule has 0 saturated carbocycles. The normalized spacial score (nSPS) is 11.9. The topological polar surface area (TPSA) is 110 Å². The van der Waals surface area contributed by atoms with Gasteiger partial charge < -0.3 is 4.74 Å². The SMILES string of the molecule is CCOCc1cc(C)nc(NC(=O)NS(=O)(=O)/C=C/CC(Cl)Cl)n1. The molecular formula is C13H18Cl2N4O4S. The number of sulfonamides is 1. The van der Waals surface area contributed by atoms with Gasteiger partial charge in [0.2, 0.25) is 5.95 Å². The van der Waals surface area contributed by atoms with Gasteiger partial charge in [-0.3, -0.25) is 5.32 Å². The van der Waals surface area contributed by atoms with Crippen LogP contribution in [0, 0.1) is 6.92 Å². The number of allylic oxidation sites excluding steroid dienone is 1. The number of rotatable bonds is 8. The predicted octanol–water partition coefficient (Wildman–Crippen LogP) is 2.48. The van der Waals surface area contributed by atoms with Crippen molar-refractivity contribution < 1.29 is 17.9 Å². The molecule has 0 aliphatic heterocycles. The number of halogens is 2. The van der Waals surface area contributed by atoms with Crippen molar-refractivity contribution in [2.24, 2.45) is 0 Å². The average Bonchev–Trinajstić information content (AvgIpc) is 2.42. The highest BCUT2D eigenvalue weighted by atomic mass is 35.5. The summed E-state index contributed by atoms with van der Waals surface area (Å²) < 4.78 is 30.4. The molecule has 8 nitrogen and oxygen atoms in total. The van der Waals surface area contributed by atoms with Crippen molar-refractivity contribution in [3.63, 3.8) is 0 Å². The van der Waals surface area contributed by atoms with Gasteiger partial charge in [0.25, 0.3) is 10.0 Å². The van der Waals surface area contributed by atoms with Crippen molar-refractivity contribution in [2.75, 3.05) is 11.9 Å². The smallest absolute Gasteiger partial charge is 0.335 e. The molecule has 1 aromatic rings. The lowest BCUT2D eigenvalue weighted by Gasteiger charge is -2.08. The molecule has 1 heterocycles. The lowest BCUT2D eigenvalue weighted by Crippen LogP contribution is -2.33. The van der Waals surface area contributed by atoms with Crippen molar-refractivity contribution >= 4 is 45.2 Å². The van der Waals surface area contributed by atoms with Crippen LogP contribution in [-0.2, 0) is 21.4 Å². The van der Waals surface area contributed by atoms with Gasteiger partial charge in [0.1, 0.15) is 4.84 Å². The van der Waals surface area contributed by atoms with Crippen LogP contribution in [-0.4, -0.2) is 35.9 Å². The second-order valence-corrected chi connectivity index (χ2v) is 7.40. The van der Waals surface area contributed by atoms with Gasteiger partial charge in [-0.05, 0) is 26.3 Å². The summed E-state index contributed by atoms with van der Waals surface area (Å²) in [7, 11) is -3.97. The van der Waals surface area contributed by atoms with Crippen molar-refractivity contribution in [3.8, 4) is 0 Å². The Labute approximate surface area is 150 Å². The number of carbonyl (C=O) groups excluding carboxylic acids is 1. The Hall–Kier alpha value is -1.42.